The molecule has 9 aliphatic rings. The molecular weight excluding hydrogens is 971 g/mol. The van der Waals surface area contributed by atoms with Crippen molar-refractivity contribution < 1.29 is 36.1 Å². The van der Waals surface area contributed by atoms with E-state index in [1.165, 1.54) is 118 Å². The molecule has 2 N–H and O–H groups in total. The standard InChI is InChI=1S/C59H68N2O2.2CH3.Hf/c1-37-19-46(52(62)48(21-37)58-29-39-25-54(3,33-58)31-55(4,26-39)34-58)42-13-7-9-15-44(42)50-23-41(61-17-11-12-18-61)24-51(60-50)45-16-10-8-14-43(45)47-20-38(2)22-49(53(47)63)59-30-40-27-56(5,35-59)32-57(6,28-40)36-59;;;/h7-10,13-16,19-24,39-40,62-63H,11-12,17-18,25-36H2,1-6H3;2*1H3;/q;2*-1;. The van der Waals surface area contributed by atoms with Gasteiger partial charge in [0.2, 0.25) is 0 Å². The van der Waals surface area contributed by atoms with E-state index in [0.717, 1.165) is 69.7 Å². The average molecular weight is 1050 g/mol. The maximum atomic E-state index is 12.7. The predicted octanol–water partition coefficient (Wildman–Crippen LogP) is 15.8. The molecule has 1 aliphatic heterocycles. The summed E-state index contributed by atoms with van der Waals surface area (Å²) in [5.41, 5.74) is 15.2. The zero-order valence-electron chi connectivity index (χ0n) is 41.3. The second kappa shape index (κ2) is 16.2. The predicted molar refractivity (Wildman–Crippen MR) is 271 cm³/mol. The Hall–Kier alpha value is -3.70. The van der Waals surface area contributed by atoms with E-state index in [1.807, 2.05) is 0 Å². The van der Waals surface area contributed by atoms with Crippen molar-refractivity contribution in [2.45, 2.75) is 142 Å². The van der Waals surface area contributed by atoms with Crippen LogP contribution in [-0.2, 0) is 36.7 Å². The van der Waals surface area contributed by atoms with E-state index in [2.05, 4.69) is 131 Å². The van der Waals surface area contributed by atoms with Crippen molar-refractivity contribution in [3.05, 3.63) is 122 Å². The number of aryl methyl sites for hydroxylation is 2. The SMILES string of the molecule is Cc1cc(-c2ccccc2-c2cc(N3CCCC3)cc(-c3ccccc3-c3cc(C)cc(C45CC6CC(C)(CC(C)(C6)C4)C5)c3O)n2)c(O)c(C23CC4CC(C)(CC(C)(C4)C2)C3)c1.[CH3-].[CH3-].[Hf]. The molecule has 346 valence electrons. The fourth-order valence-corrected chi connectivity index (χ4v) is 18.1. The Morgan fingerprint density at radius 1 is 0.485 bits per heavy atom. The van der Waals surface area contributed by atoms with Crippen LogP contribution in [0.3, 0.4) is 0 Å². The molecule has 0 spiro atoms. The van der Waals surface area contributed by atoms with Crippen LogP contribution >= 0.6 is 0 Å². The van der Waals surface area contributed by atoms with Gasteiger partial charge in [0.25, 0.3) is 0 Å². The maximum absolute atomic E-state index is 12.7. The quantitative estimate of drug-likeness (QED) is 0.126. The first-order valence-corrected chi connectivity index (χ1v) is 24.7. The molecule has 9 fully saturated rings. The van der Waals surface area contributed by atoms with E-state index in [-0.39, 0.29) is 51.5 Å². The van der Waals surface area contributed by atoms with Gasteiger partial charge >= 0.3 is 0 Å². The Balaban J connectivity index is 0.00000183. The number of phenols is 2. The first kappa shape index (κ1) is 47.4. The summed E-state index contributed by atoms with van der Waals surface area (Å²) >= 11 is 0. The molecule has 2 heterocycles. The summed E-state index contributed by atoms with van der Waals surface area (Å²) < 4.78 is 0. The summed E-state index contributed by atoms with van der Waals surface area (Å²) in [5, 5.41) is 25.4. The normalized spacial score (nSPS) is 33.3. The molecule has 8 bridgehead atoms. The van der Waals surface area contributed by atoms with E-state index in [1.54, 1.807) is 0 Å². The Morgan fingerprint density at radius 3 is 1.21 bits per heavy atom. The molecule has 4 atom stereocenters. The third-order valence-corrected chi connectivity index (χ3v) is 18.2. The zero-order chi connectivity index (χ0) is 43.3. The first-order valence-electron chi connectivity index (χ1n) is 24.7. The van der Waals surface area contributed by atoms with Gasteiger partial charge in [0.1, 0.15) is 11.5 Å². The topological polar surface area (TPSA) is 56.6 Å². The van der Waals surface area contributed by atoms with E-state index >= 15 is 0 Å². The number of hydrogen-bond acceptors (Lipinski definition) is 4. The number of anilines is 1. The zero-order valence-corrected chi connectivity index (χ0v) is 44.9. The van der Waals surface area contributed by atoms with Crippen molar-refractivity contribution >= 4 is 5.69 Å². The van der Waals surface area contributed by atoms with Gasteiger partial charge in [0.15, 0.2) is 0 Å². The third-order valence-electron chi connectivity index (χ3n) is 18.2. The second-order valence-electron chi connectivity index (χ2n) is 24.6. The number of pyridine rings is 1. The van der Waals surface area contributed by atoms with Crippen LogP contribution in [0.15, 0.2) is 84.9 Å². The summed E-state index contributed by atoms with van der Waals surface area (Å²) in [5.74, 6) is 2.42. The van der Waals surface area contributed by atoms with E-state index in [4.69, 9.17) is 4.98 Å². The number of rotatable bonds is 7. The van der Waals surface area contributed by atoms with Gasteiger partial charge in [-0.2, -0.15) is 0 Å². The van der Waals surface area contributed by atoms with Gasteiger partial charge in [-0.05, 0) is 184 Å². The van der Waals surface area contributed by atoms with E-state index in [0.29, 0.717) is 33.2 Å². The summed E-state index contributed by atoms with van der Waals surface area (Å²) in [6, 6.07) is 31.0. The van der Waals surface area contributed by atoms with Crippen molar-refractivity contribution in [1.82, 2.24) is 4.98 Å². The van der Waals surface area contributed by atoms with Gasteiger partial charge < -0.3 is 30.0 Å². The molecule has 5 aromatic rings. The van der Waals surface area contributed by atoms with Crippen LogP contribution < -0.4 is 4.90 Å². The van der Waals surface area contributed by atoms with Gasteiger partial charge in [-0.1, -0.05) is 88.4 Å². The summed E-state index contributed by atoms with van der Waals surface area (Å²) in [4.78, 5) is 8.14. The molecular formula is C61H74HfN2O2-2. The largest absolute Gasteiger partial charge is 0.507 e. The van der Waals surface area contributed by atoms with Gasteiger partial charge in [0, 0.05) is 88.8 Å². The van der Waals surface area contributed by atoms with E-state index < -0.39 is 0 Å². The van der Waals surface area contributed by atoms with Gasteiger partial charge in [-0.3, -0.25) is 0 Å². The van der Waals surface area contributed by atoms with Crippen molar-refractivity contribution in [3.63, 3.8) is 0 Å². The molecule has 8 saturated carbocycles. The molecule has 66 heavy (non-hydrogen) atoms. The fourth-order valence-electron chi connectivity index (χ4n) is 18.1. The van der Waals surface area contributed by atoms with Crippen molar-refractivity contribution in [2.24, 2.45) is 33.5 Å². The first-order chi connectivity index (χ1) is 30.0. The van der Waals surface area contributed by atoms with Crippen LogP contribution in [-0.4, -0.2) is 28.3 Å². The van der Waals surface area contributed by atoms with Gasteiger partial charge in [-0.15, -0.1) is 0 Å². The Labute approximate surface area is 416 Å². The minimum absolute atomic E-state index is 0. The molecule has 4 aromatic carbocycles. The molecule has 4 nitrogen and oxygen atoms in total. The number of hydrogen-bond donors (Lipinski definition) is 2. The smallest absolute Gasteiger partial charge is 0.127 e. The minimum Gasteiger partial charge on any atom is -0.507 e. The summed E-state index contributed by atoms with van der Waals surface area (Å²) in [6.07, 6.45) is 17.4. The number of benzene rings is 4. The fraction of sp³-hybridized carbons (Fsp3) is 0.492. The molecule has 1 aromatic heterocycles. The van der Waals surface area contributed by atoms with Gasteiger partial charge in [-0.25, -0.2) is 4.98 Å². The maximum Gasteiger partial charge on any atom is 0.127 e. The van der Waals surface area contributed by atoms with Crippen molar-refractivity contribution in [2.75, 3.05) is 18.0 Å². The van der Waals surface area contributed by atoms with E-state index in [9.17, 15) is 10.2 Å². The molecule has 1 saturated heterocycles. The van der Waals surface area contributed by atoms with Crippen LogP contribution in [0.2, 0.25) is 0 Å². The Bertz CT molecular complexity index is 2500. The van der Waals surface area contributed by atoms with Crippen LogP contribution in [0, 0.1) is 62.2 Å². The van der Waals surface area contributed by atoms with Crippen LogP contribution in [0.25, 0.3) is 44.8 Å². The molecule has 14 rings (SSSR count). The summed E-state index contributed by atoms with van der Waals surface area (Å²) in [7, 11) is 0. The van der Waals surface area contributed by atoms with Crippen molar-refractivity contribution in [3.8, 4) is 56.3 Å². The van der Waals surface area contributed by atoms with Crippen LogP contribution in [0.1, 0.15) is 140 Å². The number of phenolic OH excluding ortho intramolecular Hbond substituents is 2. The number of aromatic nitrogens is 1. The van der Waals surface area contributed by atoms with Gasteiger partial charge in [0.05, 0.1) is 11.4 Å². The average Bonchev–Trinajstić information content (AvgIpc) is 3.75. The minimum atomic E-state index is 0. The molecule has 0 radical (unpaired) electrons. The number of aromatic hydroxyl groups is 2. The third kappa shape index (κ3) is 7.58. The molecule has 0 amide bonds. The van der Waals surface area contributed by atoms with Crippen LogP contribution in [0.4, 0.5) is 5.69 Å². The number of nitrogens with zero attached hydrogens (tertiary/aromatic N) is 2. The van der Waals surface area contributed by atoms with Crippen molar-refractivity contribution in [1.29, 1.82) is 0 Å². The molecule has 8 aliphatic carbocycles. The molecule has 5 heteroatoms. The van der Waals surface area contributed by atoms with Crippen LogP contribution in [0.5, 0.6) is 11.5 Å². The summed E-state index contributed by atoms with van der Waals surface area (Å²) in [6.45, 7) is 16.6. The Kier molecular flexibility index (Phi) is 11.6. The monoisotopic (exact) mass is 1050 g/mol. The molecule has 4 unspecified atom stereocenters. The Morgan fingerprint density at radius 2 is 0.848 bits per heavy atom. The second-order valence-corrected chi connectivity index (χ2v) is 24.6.